The summed E-state index contributed by atoms with van der Waals surface area (Å²) in [6.07, 6.45) is -0.534. The molecule has 0 aromatic carbocycles. The van der Waals surface area contributed by atoms with E-state index in [0.717, 1.165) is 22.6 Å². The molecule has 0 aliphatic rings. The quantitative estimate of drug-likeness (QED) is 0.777. The van der Waals surface area contributed by atoms with Gasteiger partial charge in [0.05, 0.1) is 12.7 Å². The number of pyridine rings is 1. The van der Waals surface area contributed by atoms with Gasteiger partial charge in [-0.25, -0.2) is 4.98 Å². The largest absolute Gasteiger partial charge is 0.389 e. The second kappa shape index (κ2) is 6.68. The first-order valence-electron chi connectivity index (χ1n) is 6.05. The number of rotatable bonds is 6. The van der Waals surface area contributed by atoms with Gasteiger partial charge in [0.2, 0.25) is 0 Å². The zero-order valence-corrected chi connectivity index (χ0v) is 11.6. The standard InChI is InChI=1S/C13H23N3O2/c1-9-5-10(2)15-13(12(9)6-14)16(3)7-11(17)8-18-4/h5,11,17H,6-8,14H2,1-4H3. The summed E-state index contributed by atoms with van der Waals surface area (Å²) in [5.74, 6) is 0.838. The Morgan fingerprint density at radius 3 is 2.72 bits per heavy atom. The third-order valence-electron chi connectivity index (χ3n) is 2.86. The minimum Gasteiger partial charge on any atom is -0.389 e. The van der Waals surface area contributed by atoms with Crippen molar-refractivity contribution in [3.63, 3.8) is 0 Å². The molecule has 0 aliphatic heterocycles. The summed E-state index contributed by atoms with van der Waals surface area (Å²) in [6, 6.07) is 2.02. The second-order valence-corrected chi connectivity index (χ2v) is 4.58. The molecule has 1 aromatic rings. The van der Waals surface area contributed by atoms with Crippen LogP contribution >= 0.6 is 0 Å². The molecule has 0 spiro atoms. The van der Waals surface area contributed by atoms with E-state index in [9.17, 15) is 5.11 Å². The molecule has 0 radical (unpaired) electrons. The van der Waals surface area contributed by atoms with E-state index >= 15 is 0 Å². The molecule has 1 heterocycles. The van der Waals surface area contributed by atoms with Crippen LogP contribution in [0.4, 0.5) is 5.82 Å². The van der Waals surface area contributed by atoms with E-state index in [1.54, 1.807) is 7.11 Å². The number of aromatic nitrogens is 1. The van der Waals surface area contributed by atoms with Crippen LogP contribution in [0, 0.1) is 13.8 Å². The Hall–Kier alpha value is -1.17. The number of aryl methyl sites for hydroxylation is 2. The van der Waals surface area contributed by atoms with Gasteiger partial charge in [-0.3, -0.25) is 0 Å². The fourth-order valence-electron chi connectivity index (χ4n) is 2.06. The number of nitrogens with two attached hydrogens (primary N) is 1. The molecule has 0 saturated carbocycles. The highest BCUT2D eigenvalue weighted by Gasteiger charge is 2.14. The van der Waals surface area contributed by atoms with Gasteiger partial charge in [-0.15, -0.1) is 0 Å². The molecular weight excluding hydrogens is 230 g/mol. The molecule has 1 rings (SSSR count). The van der Waals surface area contributed by atoms with E-state index in [1.807, 2.05) is 31.9 Å². The maximum absolute atomic E-state index is 9.76. The molecule has 1 atom stereocenters. The maximum Gasteiger partial charge on any atom is 0.133 e. The van der Waals surface area contributed by atoms with Gasteiger partial charge in [-0.2, -0.15) is 0 Å². The Bertz CT molecular complexity index is 396. The fourth-order valence-corrected chi connectivity index (χ4v) is 2.06. The first kappa shape index (κ1) is 14.9. The van der Waals surface area contributed by atoms with Gasteiger partial charge < -0.3 is 20.5 Å². The van der Waals surface area contributed by atoms with Crippen LogP contribution in [0.15, 0.2) is 6.07 Å². The monoisotopic (exact) mass is 253 g/mol. The summed E-state index contributed by atoms with van der Waals surface area (Å²) in [5.41, 5.74) is 8.88. The van der Waals surface area contributed by atoms with E-state index < -0.39 is 6.10 Å². The molecule has 0 bridgehead atoms. The number of aliphatic hydroxyl groups is 1. The van der Waals surface area contributed by atoms with Crippen molar-refractivity contribution in [3.05, 3.63) is 22.9 Å². The lowest BCUT2D eigenvalue weighted by Gasteiger charge is -2.24. The van der Waals surface area contributed by atoms with Crippen LogP contribution in [0.3, 0.4) is 0 Å². The molecule has 3 N–H and O–H groups in total. The predicted octanol–water partition coefficient (Wildman–Crippen LogP) is 0.601. The lowest BCUT2D eigenvalue weighted by molar-refractivity contribution is 0.0694. The van der Waals surface area contributed by atoms with Crippen molar-refractivity contribution in [3.8, 4) is 0 Å². The number of hydrogen-bond acceptors (Lipinski definition) is 5. The SMILES string of the molecule is COCC(O)CN(C)c1nc(C)cc(C)c1CN. The van der Waals surface area contributed by atoms with Crippen molar-refractivity contribution >= 4 is 5.82 Å². The van der Waals surface area contributed by atoms with Crippen LogP contribution in [0.1, 0.15) is 16.8 Å². The zero-order chi connectivity index (χ0) is 13.7. The Balaban J connectivity index is 2.93. The lowest BCUT2D eigenvalue weighted by Crippen LogP contribution is -2.33. The van der Waals surface area contributed by atoms with Gasteiger partial charge in [-0.05, 0) is 25.5 Å². The molecule has 0 amide bonds. The minimum absolute atomic E-state index is 0.313. The van der Waals surface area contributed by atoms with Crippen LogP contribution in [0.25, 0.3) is 0 Å². The van der Waals surface area contributed by atoms with E-state index in [1.165, 1.54) is 0 Å². The van der Waals surface area contributed by atoms with E-state index in [2.05, 4.69) is 4.98 Å². The average Bonchev–Trinajstić information content (AvgIpc) is 2.28. The first-order valence-corrected chi connectivity index (χ1v) is 6.05. The van der Waals surface area contributed by atoms with Crippen molar-refractivity contribution in [1.29, 1.82) is 0 Å². The van der Waals surface area contributed by atoms with Gasteiger partial charge >= 0.3 is 0 Å². The Kier molecular flexibility index (Phi) is 5.53. The number of ether oxygens (including phenoxy) is 1. The van der Waals surface area contributed by atoms with Gasteiger partial charge in [0.25, 0.3) is 0 Å². The van der Waals surface area contributed by atoms with Crippen LogP contribution in [-0.4, -0.2) is 43.5 Å². The third kappa shape index (κ3) is 3.66. The van der Waals surface area contributed by atoms with Crippen molar-refractivity contribution < 1.29 is 9.84 Å². The number of anilines is 1. The number of methoxy groups -OCH3 is 1. The predicted molar refractivity (Wildman–Crippen MR) is 72.8 cm³/mol. The van der Waals surface area contributed by atoms with E-state index in [4.69, 9.17) is 10.5 Å². The normalized spacial score (nSPS) is 12.6. The highest BCUT2D eigenvalue weighted by molar-refractivity contribution is 5.51. The van der Waals surface area contributed by atoms with Crippen LogP contribution in [0.2, 0.25) is 0 Å². The molecule has 0 saturated heterocycles. The molecule has 1 unspecified atom stereocenters. The van der Waals surface area contributed by atoms with Crippen LogP contribution in [-0.2, 0) is 11.3 Å². The highest BCUT2D eigenvalue weighted by Crippen LogP contribution is 2.21. The van der Waals surface area contributed by atoms with E-state index in [0.29, 0.717) is 19.7 Å². The summed E-state index contributed by atoms with van der Waals surface area (Å²) in [6.45, 7) is 5.21. The lowest BCUT2D eigenvalue weighted by atomic mass is 10.1. The molecule has 0 aliphatic carbocycles. The summed E-state index contributed by atoms with van der Waals surface area (Å²) in [7, 11) is 3.48. The Morgan fingerprint density at radius 2 is 2.17 bits per heavy atom. The van der Waals surface area contributed by atoms with Crippen molar-refractivity contribution in [2.75, 3.05) is 32.2 Å². The number of hydrogen-bond donors (Lipinski definition) is 2. The average molecular weight is 253 g/mol. The second-order valence-electron chi connectivity index (χ2n) is 4.58. The summed E-state index contributed by atoms with van der Waals surface area (Å²) in [4.78, 5) is 6.43. The summed E-state index contributed by atoms with van der Waals surface area (Å²) in [5, 5.41) is 9.76. The number of aliphatic hydroxyl groups excluding tert-OH is 1. The van der Waals surface area contributed by atoms with Crippen molar-refractivity contribution in [2.45, 2.75) is 26.5 Å². The smallest absolute Gasteiger partial charge is 0.133 e. The molecular formula is C13H23N3O2. The van der Waals surface area contributed by atoms with Crippen molar-refractivity contribution in [1.82, 2.24) is 4.98 Å². The topological polar surface area (TPSA) is 71.6 Å². The molecule has 5 nitrogen and oxygen atoms in total. The first-order chi connectivity index (χ1) is 8.49. The zero-order valence-electron chi connectivity index (χ0n) is 11.6. The fraction of sp³-hybridized carbons (Fsp3) is 0.615. The molecule has 102 valence electrons. The molecule has 0 fully saturated rings. The molecule has 5 heteroatoms. The van der Waals surface area contributed by atoms with Gasteiger partial charge in [0.1, 0.15) is 5.82 Å². The third-order valence-corrected chi connectivity index (χ3v) is 2.86. The number of likely N-dealkylation sites (N-methyl/N-ethyl adjacent to an activating group) is 1. The maximum atomic E-state index is 9.76. The van der Waals surface area contributed by atoms with Gasteiger partial charge in [-0.1, -0.05) is 0 Å². The van der Waals surface area contributed by atoms with Crippen LogP contribution < -0.4 is 10.6 Å². The van der Waals surface area contributed by atoms with Crippen LogP contribution in [0.5, 0.6) is 0 Å². The van der Waals surface area contributed by atoms with Gasteiger partial charge in [0, 0.05) is 38.5 Å². The Labute approximate surface area is 109 Å². The van der Waals surface area contributed by atoms with Gasteiger partial charge in [0.15, 0.2) is 0 Å². The summed E-state index contributed by atoms with van der Waals surface area (Å²) < 4.78 is 4.92. The number of nitrogens with zero attached hydrogens (tertiary/aromatic N) is 2. The molecule has 18 heavy (non-hydrogen) atoms. The molecule has 1 aromatic heterocycles. The Morgan fingerprint density at radius 1 is 1.50 bits per heavy atom. The minimum atomic E-state index is -0.534. The highest BCUT2D eigenvalue weighted by atomic mass is 16.5. The summed E-state index contributed by atoms with van der Waals surface area (Å²) >= 11 is 0. The van der Waals surface area contributed by atoms with Crippen molar-refractivity contribution in [2.24, 2.45) is 5.73 Å². The van der Waals surface area contributed by atoms with E-state index in [-0.39, 0.29) is 0 Å².